The molecule has 48 heavy (non-hydrogen) atoms. The van der Waals surface area contributed by atoms with Gasteiger partial charge in [-0.05, 0) is 87.8 Å². The predicted octanol–water partition coefficient (Wildman–Crippen LogP) is 7.51. The first-order valence-electron chi connectivity index (χ1n) is 16.2. The van der Waals surface area contributed by atoms with E-state index < -0.39 is 21.2 Å². The van der Waals surface area contributed by atoms with Crippen molar-refractivity contribution in [2.45, 2.75) is 80.8 Å². The lowest BCUT2D eigenvalue weighted by atomic mass is 9.53. The number of nitrogens with zero attached hydrogens (tertiary/aromatic N) is 4. The van der Waals surface area contributed by atoms with Crippen molar-refractivity contribution in [2.24, 2.45) is 5.41 Å². The van der Waals surface area contributed by atoms with E-state index in [4.69, 9.17) is 42.0 Å². The van der Waals surface area contributed by atoms with Gasteiger partial charge >= 0.3 is 0 Å². The summed E-state index contributed by atoms with van der Waals surface area (Å²) >= 11 is 13.0. The molecule has 1 N–H and O–H groups in total. The molecule has 1 aromatic carbocycles. The van der Waals surface area contributed by atoms with Crippen molar-refractivity contribution in [1.82, 2.24) is 25.0 Å². The molecule has 5 saturated carbocycles. The van der Waals surface area contributed by atoms with Crippen LogP contribution in [0, 0.1) is 5.41 Å². The highest BCUT2D eigenvalue weighted by Crippen LogP contribution is 2.58. The number of hydrogen-bond donors (Lipinski definition) is 1. The van der Waals surface area contributed by atoms with Gasteiger partial charge in [0, 0.05) is 40.4 Å². The number of carbonyl (C=O) groups excluding carboxylic acids is 1. The Morgan fingerprint density at radius 2 is 1.71 bits per heavy atom. The number of hydrogen-bond acceptors (Lipinski definition) is 10. The van der Waals surface area contributed by atoms with Gasteiger partial charge in [0.25, 0.3) is 5.91 Å². The van der Waals surface area contributed by atoms with Crippen molar-refractivity contribution >= 4 is 45.2 Å². The lowest BCUT2D eigenvalue weighted by molar-refractivity contribution is 0.0569. The lowest BCUT2D eigenvalue weighted by Gasteiger charge is -2.50. The number of aromatic nitrogens is 4. The van der Waals surface area contributed by atoms with Gasteiger partial charge in [-0.15, -0.1) is 0 Å². The first kappa shape index (κ1) is 31.5. The molecule has 3 aromatic heterocycles. The Balaban J connectivity index is 1.01. The zero-order chi connectivity index (χ0) is 33.3. The van der Waals surface area contributed by atoms with Crippen LogP contribution in [0.1, 0.15) is 97.7 Å². The molecule has 0 spiro atoms. The average Bonchev–Trinajstić information content (AvgIpc) is 4.03. The Labute approximate surface area is 287 Å². The monoisotopic (exact) mass is 709 g/mol. The highest BCUT2D eigenvalue weighted by molar-refractivity contribution is 7.91. The number of ether oxygens (including phenoxy) is 1. The maximum absolute atomic E-state index is 13.0. The largest absolute Gasteiger partial charge is 0.496 e. The molecular formula is C34H33Cl2N5O6S. The Morgan fingerprint density at radius 3 is 2.35 bits per heavy atom. The van der Waals surface area contributed by atoms with E-state index >= 15 is 0 Å². The van der Waals surface area contributed by atoms with Gasteiger partial charge in [-0.2, -0.15) is 4.98 Å². The molecule has 0 saturated heterocycles. The summed E-state index contributed by atoms with van der Waals surface area (Å²) in [5.74, 6) is 1.66. The van der Waals surface area contributed by atoms with Crippen LogP contribution in [0.5, 0.6) is 5.75 Å². The second kappa shape index (κ2) is 11.7. The van der Waals surface area contributed by atoms with Gasteiger partial charge in [0.1, 0.15) is 17.2 Å². The fourth-order valence-electron chi connectivity index (χ4n) is 7.20. The van der Waals surface area contributed by atoms with Crippen LogP contribution in [0.2, 0.25) is 10.0 Å². The molecule has 9 rings (SSSR count). The summed E-state index contributed by atoms with van der Waals surface area (Å²) in [6, 6.07) is 4.88. The maximum Gasteiger partial charge on any atom is 0.268 e. The second-order valence-corrected chi connectivity index (χ2v) is 16.3. The third-order valence-corrected chi connectivity index (χ3v) is 12.9. The van der Waals surface area contributed by atoms with E-state index in [1.165, 1.54) is 7.11 Å². The third kappa shape index (κ3) is 5.61. The molecule has 2 bridgehead atoms. The summed E-state index contributed by atoms with van der Waals surface area (Å²) < 4.78 is 44.1. The Morgan fingerprint density at radius 1 is 1.00 bits per heavy atom. The molecule has 4 aromatic rings. The van der Waals surface area contributed by atoms with Crippen LogP contribution in [-0.4, -0.2) is 47.0 Å². The van der Waals surface area contributed by atoms with Crippen LogP contribution >= 0.6 is 23.2 Å². The number of nitrogens with one attached hydrogen (secondary N) is 1. The molecule has 1 amide bonds. The normalized spacial score (nSPS) is 23.9. The molecule has 5 fully saturated rings. The maximum atomic E-state index is 13.0. The van der Waals surface area contributed by atoms with E-state index in [0.717, 1.165) is 62.7 Å². The SMILES string of the molecule is COc1ccc(-c2noc(C34CCC(/C=C/c5c(-c6c(Cl)cncc6Cl)noc5C5CC5)(CC3)CC4)n2)cc1C(=O)NS(=O)(=O)C1CC1. The molecule has 3 heterocycles. The Kier molecular flexibility index (Phi) is 7.68. The Hall–Kier alpha value is -3.74. The number of allylic oxidation sites excluding steroid dienone is 1. The number of amides is 1. The molecular weight excluding hydrogens is 677 g/mol. The summed E-state index contributed by atoms with van der Waals surface area (Å²) in [5.41, 5.74) is 2.62. The van der Waals surface area contributed by atoms with Gasteiger partial charge in [0.2, 0.25) is 21.7 Å². The lowest BCUT2D eigenvalue weighted by Crippen LogP contribution is -2.43. The molecule has 250 valence electrons. The number of benzene rings is 1. The van der Waals surface area contributed by atoms with E-state index in [0.29, 0.717) is 57.3 Å². The minimum Gasteiger partial charge on any atom is -0.496 e. The zero-order valence-corrected chi connectivity index (χ0v) is 28.5. The summed E-state index contributed by atoms with van der Waals surface area (Å²) in [6.07, 6.45) is 16.4. The standard InChI is InChI=1S/C34H33Cl2N5O6S/c1-45-26-7-4-20(16-23(26)31(42)41-48(43,44)21-5-6-21)30-38-32(47-40-30)34-13-10-33(11-14-34,12-15-34)9-8-22-28(39-46-29(22)19-2-3-19)27-24(35)17-37-18-25(27)36/h4,7-9,16-19,21H,2-3,5-6,10-15H2,1H3,(H,41,42)/b9-8+. The molecule has 0 radical (unpaired) electrons. The quantitative estimate of drug-likeness (QED) is 0.175. The second-order valence-electron chi connectivity index (χ2n) is 13.6. The van der Waals surface area contributed by atoms with Gasteiger partial charge in [-0.25, -0.2) is 13.1 Å². The topological polar surface area (TPSA) is 150 Å². The van der Waals surface area contributed by atoms with E-state index in [9.17, 15) is 13.2 Å². The van der Waals surface area contributed by atoms with Gasteiger partial charge in [-0.3, -0.25) is 9.78 Å². The molecule has 5 aliphatic carbocycles. The summed E-state index contributed by atoms with van der Waals surface area (Å²) in [5, 5.41) is 9.03. The number of sulfonamides is 1. The fraction of sp³-hybridized carbons (Fsp3) is 0.441. The molecule has 5 aliphatic rings. The van der Waals surface area contributed by atoms with E-state index in [1.54, 1.807) is 30.6 Å². The van der Waals surface area contributed by atoms with Gasteiger partial charge in [-0.1, -0.05) is 45.7 Å². The third-order valence-electron chi connectivity index (χ3n) is 10.5. The van der Waals surface area contributed by atoms with Crippen molar-refractivity contribution in [3.63, 3.8) is 0 Å². The zero-order valence-electron chi connectivity index (χ0n) is 26.2. The van der Waals surface area contributed by atoms with Crippen LogP contribution in [0.25, 0.3) is 28.7 Å². The molecule has 0 atom stereocenters. The number of carbonyl (C=O) groups is 1. The van der Waals surface area contributed by atoms with Crippen molar-refractivity contribution in [2.75, 3.05) is 7.11 Å². The number of halogens is 2. The van der Waals surface area contributed by atoms with Crippen LogP contribution in [0.4, 0.5) is 0 Å². The first-order chi connectivity index (χ1) is 23.1. The van der Waals surface area contributed by atoms with Crippen molar-refractivity contribution in [1.29, 1.82) is 0 Å². The molecule has 14 heteroatoms. The number of pyridine rings is 1. The highest BCUT2D eigenvalue weighted by atomic mass is 35.5. The van der Waals surface area contributed by atoms with Crippen LogP contribution in [0.15, 0.2) is 45.7 Å². The van der Waals surface area contributed by atoms with E-state index in [-0.39, 0.29) is 22.1 Å². The van der Waals surface area contributed by atoms with Gasteiger partial charge < -0.3 is 13.8 Å². The van der Waals surface area contributed by atoms with Crippen molar-refractivity contribution in [3.8, 4) is 28.4 Å². The number of methoxy groups -OCH3 is 1. The van der Waals surface area contributed by atoms with E-state index in [1.807, 2.05) is 0 Å². The minimum atomic E-state index is -3.73. The molecule has 11 nitrogen and oxygen atoms in total. The van der Waals surface area contributed by atoms with Crippen molar-refractivity contribution in [3.05, 3.63) is 69.5 Å². The average molecular weight is 711 g/mol. The number of rotatable bonds is 10. The summed E-state index contributed by atoms with van der Waals surface area (Å²) in [4.78, 5) is 21.9. The fourth-order valence-corrected chi connectivity index (χ4v) is 9.04. The summed E-state index contributed by atoms with van der Waals surface area (Å²) in [7, 11) is -2.30. The van der Waals surface area contributed by atoms with Crippen molar-refractivity contribution < 1.29 is 27.0 Å². The summed E-state index contributed by atoms with van der Waals surface area (Å²) in [6.45, 7) is 0. The minimum absolute atomic E-state index is 0.0187. The molecule has 0 aliphatic heterocycles. The van der Waals surface area contributed by atoms with Gasteiger partial charge in [0.15, 0.2) is 0 Å². The predicted molar refractivity (Wildman–Crippen MR) is 178 cm³/mol. The number of fused-ring (bicyclic) bond motifs is 3. The Bertz CT molecular complexity index is 2020. The van der Waals surface area contributed by atoms with Crippen LogP contribution in [-0.2, 0) is 15.4 Å². The smallest absolute Gasteiger partial charge is 0.268 e. The van der Waals surface area contributed by atoms with Crippen LogP contribution < -0.4 is 9.46 Å². The first-order valence-corrected chi connectivity index (χ1v) is 18.5. The van der Waals surface area contributed by atoms with Crippen LogP contribution in [0.3, 0.4) is 0 Å². The van der Waals surface area contributed by atoms with E-state index in [2.05, 4.69) is 32.2 Å². The van der Waals surface area contributed by atoms with Gasteiger partial charge in [0.05, 0.1) is 28.0 Å². The molecule has 0 unspecified atom stereocenters. The highest BCUT2D eigenvalue weighted by Gasteiger charge is 2.51.